The van der Waals surface area contributed by atoms with Crippen LogP contribution in [0.15, 0.2) is 24.3 Å². The van der Waals surface area contributed by atoms with E-state index in [0.717, 1.165) is 39.3 Å². The maximum Gasteiger partial charge on any atom is 0.338 e. The van der Waals surface area contributed by atoms with Gasteiger partial charge >= 0.3 is 11.9 Å². The maximum absolute atomic E-state index is 12.8. The lowest BCUT2D eigenvalue weighted by Crippen LogP contribution is -2.30. The van der Waals surface area contributed by atoms with Crippen LogP contribution in [0.1, 0.15) is 151 Å². The first kappa shape index (κ1) is 38.1. The highest BCUT2D eigenvalue weighted by Crippen LogP contribution is 2.11. The third-order valence-electron chi connectivity index (χ3n) is 7.93. The van der Waals surface area contributed by atoms with Gasteiger partial charge in [0, 0.05) is 13.1 Å². The fourth-order valence-electron chi connectivity index (χ4n) is 5.19. The average Bonchev–Trinajstić information content (AvgIpc) is 3.00. The van der Waals surface area contributed by atoms with Gasteiger partial charge in [-0.1, -0.05) is 111 Å². The summed E-state index contributed by atoms with van der Waals surface area (Å²) in [7, 11) is 0. The van der Waals surface area contributed by atoms with Crippen LogP contribution in [0.5, 0.6) is 0 Å². The van der Waals surface area contributed by atoms with E-state index >= 15 is 0 Å². The number of hydrogen-bond donors (Lipinski definition) is 0. The van der Waals surface area contributed by atoms with Crippen molar-refractivity contribution in [2.75, 3.05) is 52.5 Å². The Morgan fingerprint density at radius 2 is 0.833 bits per heavy atom. The molecule has 0 bridgehead atoms. The first-order chi connectivity index (χ1) is 20.5. The predicted molar refractivity (Wildman–Crippen MR) is 176 cm³/mol. The molecule has 0 saturated heterocycles. The Labute approximate surface area is 258 Å². The molecule has 6 heteroatoms. The van der Waals surface area contributed by atoms with Gasteiger partial charge < -0.3 is 9.47 Å². The predicted octanol–water partition coefficient (Wildman–Crippen LogP) is 8.93. The third-order valence-corrected chi connectivity index (χ3v) is 7.93. The van der Waals surface area contributed by atoms with Crippen LogP contribution in [0, 0.1) is 0 Å². The van der Waals surface area contributed by atoms with E-state index < -0.39 is 0 Å². The summed E-state index contributed by atoms with van der Waals surface area (Å²) in [5, 5.41) is 0. The van der Waals surface area contributed by atoms with Crippen molar-refractivity contribution in [1.82, 2.24) is 9.80 Å². The maximum atomic E-state index is 12.8. The number of hydrogen-bond acceptors (Lipinski definition) is 6. The SMILES string of the molecule is CCCCCCN(CCCCCC)CCOC(=O)c1cccc(C(=O)OCCN(CCCCCC)CCCCCC)c1. The second-order valence-electron chi connectivity index (χ2n) is 11.8. The van der Waals surface area contributed by atoms with E-state index in [2.05, 4.69) is 37.5 Å². The summed E-state index contributed by atoms with van der Waals surface area (Å²) < 4.78 is 11.3. The minimum atomic E-state index is -0.383. The zero-order chi connectivity index (χ0) is 30.7. The van der Waals surface area contributed by atoms with E-state index in [0.29, 0.717) is 24.3 Å². The first-order valence-electron chi connectivity index (χ1n) is 17.4. The fraction of sp³-hybridized carbons (Fsp3) is 0.778. The summed E-state index contributed by atoms with van der Waals surface area (Å²) in [4.78, 5) is 30.5. The molecule has 0 radical (unpaired) electrons. The number of esters is 2. The fourth-order valence-corrected chi connectivity index (χ4v) is 5.19. The van der Waals surface area contributed by atoms with Crippen molar-refractivity contribution in [2.45, 2.75) is 130 Å². The van der Waals surface area contributed by atoms with E-state index in [9.17, 15) is 9.59 Å². The highest BCUT2D eigenvalue weighted by molar-refractivity contribution is 5.95. The van der Waals surface area contributed by atoms with Crippen molar-refractivity contribution in [1.29, 1.82) is 0 Å². The quantitative estimate of drug-likeness (QED) is 0.0719. The molecule has 0 saturated carbocycles. The molecule has 42 heavy (non-hydrogen) atoms. The van der Waals surface area contributed by atoms with Gasteiger partial charge in [-0.2, -0.15) is 0 Å². The normalized spacial score (nSPS) is 11.4. The Bertz CT molecular complexity index is 715. The number of ether oxygens (including phenoxy) is 2. The number of unbranched alkanes of at least 4 members (excludes halogenated alkanes) is 12. The van der Waals surface area contributed by atoms with E-state index in [-0.39, 0.29) is 11.9 Å². The molecule has 0 amide bonds. The molecule has 0 aliphatic heterocycles. The van der Waals surface area contributed by atoms with Gasteiger partial charge in [0.05, 0.1) is 11.1 Å². The summed E-state index contributed by atoms with van der Waals surface area (Å²) in [6.07, 6.45) is 19.8. The minimum absolute atomic E-state index is 0.363. The topological polar surface area (TPSA) is 59.1 Å². The van der Waals surface area contributed by atoms with Crippen molar-refractivity contribution in [3.8, 4) is 0 Å². The molecule has 0 aliphatic carbocycles. The number of nitrogens with zero attached hydrogens (tertiary/aromatic N) is 2. The molecule has 6 nitrogen and oxygen atoms in total. The number of carbonyl (C=O) groups excluding carboxylic acids is 2. The van der Waals surface area contributed by atoms with Gasteiger partial charge in [-0.25, -0.2) is 9.59 Å². The van der Waals surface area contributed by atoms with Gasteiger partial charge in [0.25, 0.3) is 0 Å². The number of carbonyl (C=O) groups is 2. The molecule has 1 aromatic rings. The molecule has 0 spiro atoms. The largest absolute Gasteiger partial charge is 0.461 e. The minimum Gasteiger partial charge on any atom is -0.461 e. The Morgan fingerprint density at radius 1 is 0.500 bits per heavy atom. The van der Waals surface area contributed by atoms with Crippen LogP contribution in [0.3, 0.4) is 0 Å². The molecule has 1 aromatic carbocycles. The van der Waals surface area contributed by atoms with Crippen LogP contribution in [0.4, 0.5) is 0 Å². The van der Waals surface area contributed by atoms with Gasteiger partial charge in [-0.15, -0.1) is 0 Å². The highest BCUT2D eigenvalue weighted by Gasteiger charge is 2.14. The third kappa shape index (κ3) is 19.3. The molecule has 1 rings (SSSR count). The lowest BCUT2D eigenvalue weighted by atomic mass is 10.1. The molecule has 0 heterocycles. The molecule has 0 aliphatic rings. The molecule has 0 unspecified atom stereocenters. The van der Waals surface area contributed by atoms with Crippen molar-refractivity contribution in [3.63, 3.8) is 0 Å². The molecule has 0 aromatic heterocycles. The van der Waals surface area contributed by atoms with Crippen LogP contribution in [0.2, 0.25) is 0 Å². The lowest BCUT2D eigenvalue weighted by molar-refractivity contribution is 0.0458. The molecule has 0 atom stereocenters. The van der Waals surface area contributed by atoms with Crippen molar-refractivity contribution in [3.05, 3.63) is 35.4 Å². The average molecular weight is 589 g/mol. The zero-order valence-corrected chi connectivity index (χ0v) is 27.8. The summed E-state index contributed by atoms with van der Waals surface area (Å²) in [6, 6.07) is 6.75. The van der Waals surface area contributed by atoms with E-state index in [1.165, 1.54) is 103 Å². The van der Waals surface area contributed by atoms with E-state index in [1.54, 1.807) is 24.3 Å². The van der Waals surface area contributed by atoms with Gasteiger partial charge in [-0.3, -0.25) is 9.80 Å². The molecular formula is C36H64N2O4. The van der Waals surface area contributed by atoms with Gasteiger partial charge in [-0.05, 0) is 70.1 Å². The Hall–Kier alpha value is -1.92. The molecule has 0 fully saturated rings. The highest BCUT2D eigenvalue weighted by atomic mass is 16.5. The first-order valence-corrected chi connectivity index (χ1v) is 17.4. The van der Waals surface area contributed by atoms with Crippen LogP contribution in [0.25, 0.3) is 0 Å². The Morgan fingerprint density at radius 3 is 1.14 bits per heavy atom. The van der Waals surface area contributed by atoms with E-state index in [1.807, 2.05) is 0 Å². The Kier molecular flexibility index (Phi) is 24.2. The monoisotopic (exact) mass is 588 g/mol. The summed E-state index contributed by atoms with van der Waals surface area (Å²) in [5.74, 6) is -0.765. The second kappa shape index (κ2) is 26.7. The van der Waals surface area contributed by atoms with Gasteiger partial charge in [0.2, 0.25) is 0 Å². The zero-order valence-electron chi connectivity index (χ0n) is 27.8. The summed E-state index contributed by atoms with van der Waals surface area (Å²) in [5.41, 5.74) is 0.797. The van der Waals surface area contributed by atoms with Crippen molar-refractivity contribution < 1.29 is 19.1 Å². The van der Waals surface area contributed by atoms with Crippen LogP contribution >= 0.6 is 0 Å². The van der Waals surface area contributed by atoms with Gasteiger partial charge in [0.1, 0.15) is 13.2 Å². The van der Waals surface area contributed by atoms with Gasteiger partial charge in [0.15, 0.2) is 0 Å². The number of benzene rings is 1. The van der Waals surface area contributed by atoms with Crippen LogP contribution < -0.4 is 0 Å². The Balaban J connectivity index is 2.54. The van der Waals surface area contributed by atoms with Crippen molar-refractivity contribution in [2.24, 2.45) is 0 Å². The second-order valence-corrected chi connectivity index (χ2v) is 11.8. The van der Waals surface area contributed by atoms with E-state index in [4.69, 9.17) is 9.47 Å². The number of rotatable bonds is 28. The van der Waals surface area contributed by atoms with Crippen LogP contribution in [-0.4, -0.2) is 74.2 Å². The summed E-state index contributed by atoms with van der Waals surface area (Å²) >= 11 is 0. The summed E-state index contributed by atoms with van der Waals surface area (Å²) in [6.45, 7) is 15.4. The molecule has 0 N–H and O–H groups in total. The standard InChI is InChI=1S/C36H64N2O4/c1-5-9-13-17-24-37(25-18-14-10-6-2)28-30-41-35(39)33-22-21-23-34(32-33)36(40)42-31-29-38(26-19-15-11-7-3)27-20-16-12-8-4/h21-23,32H,5-20,24-31H2,1-4H3. The van der Waals surface area contributed by atoms with Crippen molar-refractivity contribution >= 4 is 11.9 Å². The lowest BCUT2D eigenvalue weighted by Gasteiger charge is -2.22. The molecule has 242 valence electrons. The smallest absolute Gasteiger partial charge is 0.338 e. The van der Waals surface area contributed by atoms with Crippen LogP contribution in [-0.2, 0) is 9.47 Å². The molecular weight excluding hydrogens is 524 g/mol.